The van der Waals surface area contributed by atoms with Crippen molar-refractivity contribution in [2.24, 2.45) is 17.8 Å². The van der Waals surface area contributed by atoms with E-state index < -0.39 is 6.10 Å². The Morgan fingerprint density at radius 1 is 1.33 bits per heavy atom. The molecule has 1 saturated carbocycles. The van der Waals surface area contributed by atoms with Gasteiger partial charge in [0.25, 0.3) is 0 Å². The molecule has 1 fully saturated rings. The highest BCUT2D eigenvalue weighted by Crippen LogP contribution is 2.47. The van der Waals surface area contributed by atoms with Crippen LogP contribution in [-0.2, 0) is 12.8 Å². The number of rotatable bonds is 8. The van der Waals surface area contributed by atoms with Gasteiger partial charge in [-0.15, -0.1) is 0 Å². The van der Waals surface area contributed by atoms with Gasteiger partial charge < -0.3 is 14.9 Å². The summed E-state index contributed by atoms with van der Waals surface area (Å²) in [5, 5.41) is 29.6. The number of hydrogen-bond donors (Lipinski definition) is 2. The lowest BCUT2D eigenvalue weighted by atomic mass is 9.74. The number of nitriles is 1. The Hall–Kier alpha value is -1.83. The van der Waals surface area contributed by atoms with Crippen molar-refractivity contribution in [2.75, 3.05) is 6.61 Å². The van der Waals surface area contributed by atoms with Crippen LogP contribution in [0.15, 0.2) is 30.4 Å². The average Bonchev–Trinajstić information content (AvgIpc) is 2.97. The van der Waals surface area contributed by atoms with E-state index in [0.29, 0.717) is 11.8 Å². The van der Waals surface area contributed by atoms with Gasteiger partial charge in [0, 0.05) is 5.92 Å². The van der Waals surface area contributed by atoms with Gasteiger partial charge in [-0.1, -0.05) is 50.5 Å². The van der Waals surface area contributed by atoms with Crippen molar-refractivity contribution in [2.45, 2.75) is 64.1 Å². The summed E-state index contributed by atoms with van der Waals surface area (Å²) in [7, 11) is 0. The number of ether oxygens (including phenoxy) is 1. The minimum Gasteiger partial charge on any atom is -0.478 e. The van der Waals surface area contributed by atoms with Crippen LogP contribution in [0.2, 0.25) is 0 Å². The third kappa shape index (κ3) is 4.72. The summed E-state index contributed by atoms with van der Waals surface area (Å²) < 4.78 is 5.61. The molecule has 0 heterocycles. The molecule has 0 aliphatic heterocycles. The maximum atomic E-state index is 10.6. The molecule has 1 unspecified atom stereocenters. The normalized spacial score (nSPS) is 27.8. The molecule has 2 aliphatic rings. The molecular weight excluding hydrogens is 338 g/mol. The molecule has 2 N–H and O–H groups in total. The summed E-state index contributed by atoms with van der Waals surface area (Å²) in [5.41, 5.74) is 2.47. The van der Waals surface area contributed by atoms with E-state index in [4.69, 9.17) is 10.00 Å². The van der Waals surface area contributed by atoms with Crippen LogP contribution in [0.3, 0.4) is 0 Å². The first-order valence-corrected chi connectivity index (χ1v) is 10.3. The van der Waals surface area contributed by atoms with Crippen molar-refractivity contribution in [3.8, 4) is 11.8 Å². The summed E-state index contributed by atoms with van der Waals surface area (Å²) in [6, 6.07) is 8.09. The van der Waals surface area contributed by atoms with Gasteiger partial charge in [-0.05, 0) is 54.7 Å². The largest absolute Gasteiger partial charge is 0.478 e. The molecule has 1 aromatic rings. The van der Waals surface area contributed by atoms with E-state index in [1.165, 1.54) is 11.1 Å². The highest BCUT2D eigenvalue weighted by Gasteiger charge is 2.44. The lowest BCUT2D eigenvalue weighted by Crippen LogP contribution is -2.26. The predicted octanol–water partition coefficient (Wildman–Crippen LogP) is 3.80. The average molecular weight is 370 g/mol. The van der Waals surface area contributed by atoms with Gasteiger partial charge in [0.15, 0.2) is 6.61 Å². The Morgan fingerprint density at radius 2 is 2.19 bits per heavy atom. The summed E-state index contributed by atoms with van der Waals surface area (Å²) >= 11 is 0. The second-order valence-corrected chi connectivity index (χ2v) is 8.00. The van der Waals surface area contributed by atoms with Crippen LogP contribution in [-0.4, -0.2) is 29.0 Å². The fraction of sp³-hybridized carbons (Fsp3) is 0.609. The maximum absolute atomic E-state index is 10.6. The van der Waals surface area contributed by atoms with E-state index in [0.717, 1.165) is 50.7 Å². The van der Waals surface area contributed by atoms with Gasteiger partial charge in [-0.25, -0.2) is 0 Å². The molecule has 1 aromatic carbocycles. The van der Waals surface area contributed by atoms with Crippen molar-refractivity contribution >= 4 is 0 Å². The predicted molar refractivity (Wildman–Crippen MR) is 105 cm³/mol. The molecule has 0 saturated heterocycles. The van der Waals surface area contributed by atoms with E-state index >= 15 is 0 Å². The van der Waals surface area contributed by atoms with Gasteiger partial charge in [-0.2, -0.15) is 5.26 Å². The zero-order valence-corrected chi connectivity index (χ0v) is 16.2. The molecule has 2 aliphatic carbocycles. The zero-order valence-electron chi connectivity index (χ0n) is 16.2. The third-order valence-corrected chi connectivity index (χ3v) is 6.19. The summed E-state index contributed by atoms with van der Waals surface area (Å²) in [5.74, 6) is 1.74. The zero-order chi connectivity index (χ0) is 19.2. The smallest absolute Gasteiger partial charge is 0.174 e. The third-order valence-electron chi connectivity index (χ3n) is 6.19. The van der Waals surface area contributed by atoms with Crippen molar-refractivity contribution in [1.82, 2.24) is 0 Å². The summed E-state index contributed by atoms with van der Waals surface area (Å²) in [4.78, 5) is 0. The number of benzene rings is 1. The van der Waals surface area contributed by atoms with Crippen molar-refractivity contribution < 1.29 is 14.9 Å². The number of aliphatic hydroxyl groups is 2. The fourth-order valence-electron chi connectivity index (χ4n) is 4.80. The monoisotopic (exact) mass is 369 g/mol. The van der Waals surface area contributed by atoms with Crippen molar-refractivity contribution in [3.63, 3.8) is 0 Å². The summed E-state index contributed by atoms with van der Waals surface area (Å²) in [6.07, 6.45) is 9.93. The first-order chi connectivity index (χ1) is 13.1. The Morgan fingerprint density at radius 3 is 2.96 bits per heavy atom. The van der Waals surface area contributed by atoms with Gasteiger partial charge in [0.05, 0.1) is 12.2 Å². The molecule has 4 heteroatoms. The van der Waals surface area contributed by atoms with Crippen LogP contribution in [0.25, 0.3) is 0 Å². The van der Waals surface area contributed by atoms with Gasteiger partial charge in [0.1, 0.15) is 11.8 Å². The topological polar surface area (TPSA) is 73.5 Å². The second-order valence-electron chi connectivity index (χ2n) is 8.00. The standard InChI is InChI=1S/C23H31NO3/c1-2-3-4-7-18(25)9-10-19-20-13-16-6-5-8-23(27-12-11-24)21(16)14-17(20)15-22(19)26/h5-6,8-10,17-20,22,25-26H,2-4,7,12-15H2,1H3/b10-9+/t17?,18-,19+,20-,22+/m0/s1. The molecule has 0 aromatic heterocycles. The molecule has 0 radical (unpaired) electrons. The minimum atomic E-state index is -0.412. The first-order valence-electron chi connectivity index (χ1n) is 10.3. The second kappa shape index (κ2) is 9.39. The molecule has 0 spiro atoms. The van der Waals surface area contributed by atoms with Gasteiger partial charge in [-0.3, -0.25) is 0 Å². The number of fused-ring (bicyclic) bond motifs is 2. The molecule has 5 atom stereocenters. The molecular formula is C23H31NO3. The molecule has 0 bridgehead atoms. The number of hydrogen-bond acceptors (Lipinski definition) is 4. The number of aliphatic hydroxyl groups excluding tert-OH is 2. The van der Waals surface area contributed by atoms with Crippen LogP contribution >= 0.6 is 0 Å². The van der Waals surface area contributed by atoms with Crippen LogP contribution in [0, 0.1) is 29.1 Å². The van der Waals surface area contributed by atoms with E-state index in [2.05, 4.69) is 19.1 Å². The molecule has 0 amide bonds. The molecule has 3 rings (SSSR count). The van der Waals surface area contributed by atoms with Gasteiger partial charge in [0.2, 0.25) is 0 Å². The van der Waals surface area contributed by atoms with Crippen molar-refractivity contribution in [3.05, 3.63) is 41.5 Å². The Kier molecular flexibility index (Phi) is 6.93. The van der Waals surface area contributed by atoms with E-state index in [9.17, 15) is 10.2 Å². The summed E-state index contributed by atoms with van der Waals surface area (Å²) in [6.45, 7) is 2.23. The van der Waals surface area contributed by atoms with Crippen LogP contribution < -0.4 is 4.74 Å². The lowest BCUT2D eigenvalue weighted by molar-refractivity contribution is 0.140. The quantitative estimate of drug-likeness (QED) is 0.540. The van der Waals surface area contributed by atoms with Crippen molar-refractivity contribution in [1.29, 1.82) is 5.26 Å². The lowest BCUT2D eigenvalue weighted by Gasteiger charge is -2.31. The van der Waals surface area contributed by atoms with Gasteiger partial charge >= 0.3 is 0 Å². The van der Waals surface area contributed by atoms with E-state index in [1.807, 2.05) is 24.3 Å². The van der Waals surface area contributed by atoms with E-state index in [1.54, 1.807) is 0 Å². The van der Waals surface area contributed by atoms with Crippen LogP contribution in [0.5, 0.6) is 5.75 Å². The number of nitrogens with zero attached hydrogens (tertiary/aromatic N) is 1. The van der Waals surface area contributed by atoms with Crippen LogP contribution in [0.4, 0.5) is 0 Å². The highest BCUT2D eigenvalue weighted by molar-refractivity contribution is 5.43. The number of unbranched alkanes of at least 4 members (excludes halogenated alkanes) is 2. The molecule has 146 valence electrons. The van der Waals surface area contributed by atoms with E-state index in [-0.39, 0.29) is 18.6 Å². The fourth-order valence-corrected chi connectivity index (χ4v) is 4.80. The minimum absolute atomic E-state index is 0.0639. The van der Waals surface area contributed by atoms with Crippen LogP contribution in [0.1, 0.15) is 50.2 Å². The molecule has 4 nitrogen and oxygen atoms in total. The highest BCUT2D eigenvalue weighted by atomic mass is 16.5. The Labute approximate surface area is 162 Å². The first kappa shape index (κ1) is 19.9. The Bertz CT molecular complexity index is 693. The maximum Gasteiger partial charge on any atom is 0.174 e. The molecule has 27 heavy (non-hydrogen) atoms. The SMILES string of the molecule is CCCCC[C@H](O)/C=C/[C@H]1[C@H](O)CC2Cc3c(cccc3OCC#N)C[C@@H]21. The Balaban J connectivity index is 1.69.